The van der Waals surface area contributed by atoms with Gasteiger partial charge in [-0.1, -0.05) is 18.2 Å². The van der Waals surface area contributed by atoms with E-state index in [2.05, 4.69) is 4.98 Å². The summed E-state index contributed by atoms with van der Waals surface area (Å²) in [5.74, 6) is 0. The number of nitrogens with zero attached hydrogens (tertiary/aromatic N) is 3. The molecule has 0 N–H and O–H groups in total. The van der Waals surface area contributed by atoms with Gasteiger partial charge in [0.05, 0.1) is 11.6 Å². The second-order valence-corrected chi connectivity index (χ2v) is 8.52. The minimum absolute atomic E-state index is 0.0204. The number of likely N-dealkylation sites (tertiary alicyclic amines) is 1. The summed E-state index contributed by atoms with van der Waals surface area (Å²) < 4.78 is 91.3. The normalized spacial score (nSPS) is 19.8. The molecule has 1 fully saturated rings. The SMILES string of the molecule is CCOC(C(F)(F)F)(C(F)(F)F)C1(CCc2ccc(C#N)cc2)CCN(Cc2cccnc2)C1. The Morgan fingerprint density at radius 1 is 1.06 bits per heavy atom. The van der Waals surface area contributed by atoms with Crippen LogP contribution in [0.5, 0.6) is 0 Å². The smallest absolute Gasteiger partial charge is 0.358 e. The zero-order valence-corrected chi connectivity index (χ0v) is 18.6. The second kappa shape index (κ2) is 9.92. The fourth-order valence-corrected chi connectivity index (χ4v) is 4.94. The molecule has 0 aliphatic carbocycles. The first-order chi connectivity index (χ1) is 16.0. The fourth-order valence-electron chi connectivity index (χ4n) is 4.94. The van der Waals surface area contributed by atoms with Gasteiger partial charge in [0.25, 0.3) is 5.60 Å². The molecule has 0 radical (unpaired) electrons. The number of pyridine rings is 1. The van der Waals surface area contributed by atoms with E-state index in [9.17, 15) is 26.3 Å². The molecule has 1 aromatic carbocycles. The lowest BCUT2D eigenvalue weighted by molar-refractivity contribution is -0.414. The first-order valence-corrected chi connectivity index (χ1v) is 10.9. The summed E-state index contributed by atoms with van der Waals surface area (Å²) in [5.41, 5.74) is -4.95. The zero-order chi connectivity index (χ0) is 25.0. The summed E-state index contributed by atoms with van der Waals surface area (Å²) in [6.45, 7) is 0.216. The molecule has 1 unspecified atom stereocenters. The predicted octanol–water partition coefficient (Wildman–Crippen LogP) is 5.68. The van der Waals surface area contributed by atoms with Crippen LogP contribution in [-0.4, -0.2) is 47.5 Å². The molecule has 0 amide bonds. The summed E-state index contributed by atoms with van der Waals surface area (Å²) in [6, 6.07) is 11.4. The van der Waals surface area contributed by atoms with E-state index in [4.69, 9.17) is 10.00 Å². The Hall–Kier alpha value is -2.64. The van der Waals surface area contributed by atoms with Crippen LogP contribution < -0.4 is 0 Å². The predicted molar refractivity (Wildman–Crippen MR) is 113 cm³/mol. The third-order valence-electron chi connectivity index (χ3n) is 6.44. The van der Waals surface area contributed by atoms with Gasteiger partial charge in [0.15, 0.2) is 0 Å². The molecular formula is C24H25F6N3O. The minimum Gasteiger partial charge on any atom is -0.358 e. The van der Waals surface area contributed by atoms with Gasteiger partial charge in [-0.25, -0.2) is 0 Å². The number of aromatic nitrogens is 1. The van der Waals surface area contributed by atoms with Crippen molar-refractivity contribution in [3.8, 4) is 6.07 Å². The Morgan fingerprint density at radius 3 is 2.26 bits per heavy atom. The molecule has 2 heterocycles. The third-order valence-corrected chi connectivity index (χ3v) is 6.44. The van der Waals surface area contributed by atoms with Crippen LogP contribution in [0.15, 0.2) is 48.8 Å². The number of nitriles is 1. The lowest BCUT2D eigenvalue weighted by Gasteiger charge is -2.49. The molecule has 4 nitrogen and oxygen atoms in total. The molecule has 2 aromatic rings. The van der Waals surface area contributed by atoms with Crippen LogP contribution in [0, 0.1) is 16.7 Å². The topological polar surface area (TPSA) is 49.1 Å². The van der Waals surface area contributed by atoms with Crippen molar-refractivity contribution in [2.24, 2.45) is 5.41 Å². The van der Waals surface area contributed by atoms with Gasteiger partial charge in [-0.05, 0) is 62.1 Å². The van der Waals surface area contributed by atoms with Crippen molar-refractivity contribution >= 4 is 0 Å². The van der Waals surface area contributed by atoms with E-state index in [-0.39, 0.29) is 32.4 Å². The quantitative estimate of drug-likeness (QED) is 0.452. The largest absolute Gasteiger partial charge is 0.427 e. The van der Waals surface area contributed by atoms with Crippen LogP contribution >= 0.6 is 0 Å². The molecule has 1 saturated heterocycles. The van der Waals surface area contributed by atoms with Crippen molar-refractivity contribution in [1.82, 2.24) is 9.88 Å². The number of halogens is 6. The highest BCUT2D eigenvalue weighted by Gasteiger charge is 2.81. The molecule has 0 bridgehead atoms. The Balaban J connectivity index is 2.02. The van der Waals surface area contributed by atoms with Gasteiger partial charge >= 0.3 is 12.4 Å². The van der Waals surface area contributed by atoms with Crippen molar-refractivity contribution in [3.63, 3.8) is 0 Å². The highest BCUT2D eigenvalue weighted by molar-refractivity contribution is 5.32. The Labute approximate surface area is 194 Å². The van der Waals surface area contributed by atoms with Crippen molar-refractivity contribution in [3.05, 3.63) is 65.5 Å². The van der Waals surface area contributed by atoms with Gasteiger partial charge in [0.2, 0.25) is 0 Å². The zero-order valence-electron chi connectivity index (χ0n) is 18.6. The molecule has 184 valence electrons. The molecule has 10 heteroatoms. The minimum atomic E-state index is -5.67. The summed E-state index contributed by atoms with van der Waals surface area (Å²) in [5, 5.41) is 8.94. The number of rotatable bonds is 8. The first-order valence-electron chi connectivity index (χ1n) is 10.9. The van der Waals surface area contributed by atoms with Gasteiger partial charge in [-0.2, -0.15) is 31.6 Å². The van der Waals surface area contributed by atoms with E-state index in [1.165, 1.54) is 12.1 Å². The van der Waals surface area contributed by atoms with Gasteiger partial charge in [-0.3, -0.25) is 9.88 Å². The van der Waals surface area contributed by atoms with Gasteiger partial charge in [-0.15, -0.1) is 0 Å². The molecule has 1 aromatic heterocycles. The van der Waals surface area contributed by atoms with Crippen LogP contribution in [0.3, 0.4) is 0 Å². The third kappa shape index (κ3) is 4.91. The molecule has 0 saturated carbocycles. The summed E-state index contributed by atoms with van der Waals surface area (Å²) in [4.78, 5) is 5.57. The van der Waals surface area contributed by atoms with Crippen molar-refractivity contribution in [2.75, 3.05) is 19.7 Å². The van der Waals surface area contributed by atoms with Crippen molar-refractivity contribution < 1.29 is 31.1 Å². The molecule has 3 rings (SSSR count). The van der Waals surface area contributed by atoms with Gasteiger partial charge in [0.1, 0.15) is 0 Å². The number of alkyl halides is 6. The number of aryl methyl sites for hydroxylation is 1. The fraction of sp³-hybridized carbons (Fsp3) is 0.500. The number of hydrogen-bond acceptors (Lipinski definition) is 4. The molecule has 34 heavy (non-hydrogen) atoms. The Morgan fingerprint density at radius 2 is 1.74 bits per heavy atom. The average molecular weight is 485 g/mol. The monoisotopic (exact) mass is 485 g/mol. The van der Waals surface area contributed by atoms with Crippen LogP contribution in [0.2, 0.25) is 0 Å². The standard InChI is InChI=1S/C24H25F6N3O/c1-2-34-22(23(25,26)27,24(28,29)30)21(10-9-18-5-7-19(14-31)8-6-18)11-13-33(17-21)16-20-4-3-12-32-15-20/h3-8,12,15H,2,9-11,13,16-17H2,1H3. The van der Waals surface area contributed by atoms with E-state index in [0.717, 1.165) is 6.92 Å². The number of ether oxygens (including phenoxy) is 1. The maximum atomic E-state index is 14.4. The van der Waals surface area contributed by atoms with Crippen molar-refractivity contribution in [2.45, 2.75) is 50.7 Å². The molecule has 1 aliphatic rings. The molecule has 1 aliphatic heterocycles. The van der Waals surface area contributed by atoms with Crippen LogP contribution in [0.1, 0.15) is 36.5 Å². The van der Waals surface area contributed by atoms with E-state index in [0.29, 0.717) is 16.7 Å². The average Bonchev–Trinajstić information content (AvgIpc) is 3.19. The molecule has 0 spiro atoms. The maximum absolute atomic E-state index is 14.4. The number of hydrogen-bond donors (Lipinski definition) is 0. The lowest BCUT2D eigenvalue weighted by atomic mass is 9.66. The van der Waals surface area contributed by atoms with E-state index in [1.54, 1.807) is 41.6 Å². The van der Waals surface area contributed by atoms with Crippen LogP contribution in [0.25, 0.3) is 0 Å². The second-order valence-electron chi connectivity index (χ2n) is 8.52. The van der Waals surface area contributed by atoms with Gasteiger partial charge < -0.3 is 4.74 Å². The van der Waals surface area contributed by atoms with Crippen LogP contribution in [-0.2, 0) is 17.7 Å². The molecular weight excluding hydrogens is 460 g/mol. The van der Waals surface area contributed by atoms with Crippen LogP contribution in [0.4, 0.5) is 26.3 Å². The first kappa shape index (κ1) is 26.0. The Kier molecular flexibility index (Phi) is 7.58. The van der Waals surface area contributed by atoms with E-state index >= 15 is 0 Å². The van der Waals surface area contributed by atoms with Crippen molar-refractivity contribution in [1.29, 1.82) is 5.26 Å². The maximum Gasteiger partial charge on any atom is 0.427 e. The summed E-state index contributed by atoms with van der Waals surface area (Å²) >= 11 is 0. The van der Waals surface area contributed by atoms with E-state index < -0.39 is 36.5 Å². The highest BCUT2D eigenvalue weighted by atomic mass is 19.4. The van der Waals surface area contributed by atoms with E-state index in [1.807, 2.05) is 6.07 Å². The summed E-state index contributed by atoms with van der Waals surface area (Å²) in [7, 11) is 0. The van der Waals surface area contributed by atoms with Gasteiger partial charge in [0, 0.05) is 37.5 Å². The Bertz CT molecular complexity index is 971. The molecule has 1 atom stereocenters. The lowest BCUT2D eigenvalue weighted by Crippen LogP contribution is -2.69. The highest BCUT2D eigenvalue weighted by Crippen LogP contribution is 2.60. The summed E-state index contributed by atoms with van der Waals surface area (Å²) in [6.07, 6.45) is -8.99. The number of benzene rings is 1.